The number of nitrogens with zero attached hydrogens (tertiary/aromatic N) is 2. The van der Waals surface area contributed by atoms with Crippen molar-refractivity contribution in [1.29, 1.82) is 0 Å². The van der Waals surface area contributed by atoms with Crippen molar-refractivity contribution in [2.45, 2.75) is 50.7 Å². The number of halogens is 1. The predicted octanol–water partition coefficient (Wildman–Crippen LogP) is 3.19. The van der Waals surface area contributed by atoms with E-state index < -0.39 is 16.1 Å². The molecule has 37 heavy (non-hydrogen) atoms. The highest BCUT2D eigenvalue weighted by Gasteiger charge is 2.26. The van der Waals surface area contributed by atoms with E-state index in [0.717, 1.165) is 5.56 Å². The van der Waals surface area contributed by atoms with Gasteiger partial charge in [-0.15, -0.1) is 0 Å². The second-order valence-corrected chi connectivity index (χ2v) is 10.3. The Kier molecular flexibility index (Phi) is 9.87. The van der Waals surface area contributed by atoms with Crippen molar-refractivity contribution in [3.05, 3.63) is 95.6 Å². The van der Waals surface area contributed by atoms with Crippen LogP contribution in [0.4, 0.5) is 4.39 Å². The number of carbonyl (C=O) groups excluding carboxylic acids is 2. The minimum atomic E-state index is -3.56. The van der Waals surface area contributed by atoms with Gasteiger partial charge >= 0.3 is 0 Å². The van der Waals surface area contributed by atoms with Gasteiger partial charge in [-0.1, -0.05) is 37.3 Å². The Hall–Kier alpha value is -3.63. The Labute approximate surface area is 217 Å². The Morgan fingerprint density at radius 3 is 2.30 bits per heavy atom. The Morgan fingerprint density at radius 2 is 1.68 bits per heavy atom. The number of rotatable bonds is 12. The maximum atomic E-state index is 13.4. The number of pyridine rings is 1. The number of benzene rings is 2. The van der Waals surface area contributed by atoms with Gasteiger partial charge in [0.05, 0.1) is 17.1 Å². The molecule has 0 aliphatic rings. The lowest BCUT2D eigenvalue weighted by Gasteiger charge is -2.29. The molecule has 0 unspecified atom stereocenters. The molecule has 196 valence electrons. The lowest BCUT2D eigenvalue weighted by molar-refractivity contribution is -0.140. The molecule has 0 spiro atoms. The zero-order chi connectivity index (χ0) is 26.8. The van der Waals surface area contributed by atoms with Gasteiger partial charge in [-0.2, -0.15) is 0 Å². The summed E-state index contributed by atoms with van der Waals surface area (Å²) in [5.74, 6) is -0.976. The molecule has 1 heterocycles. The summed E-state index contributed by atoms with van der Waals surface area (Å²) in [6.45, 7) is 4.00. The molecule has 2 N–H and O–H groups in total. The standard InChI is InChI=1S/C27H31FN4O4S/c1-3-31-37(35,36)25-14-9-21(10-15-25)11-16-26(33)32(19-22-7-12-23(28)13-8-22)20(2)27(34)30-18-24-6-4-5-17-29-24/h4-10,12-15,17,20,31H,3,11,16,18-19H2,1-2H3,(H,30,34)/t20-/m1/s1. The third-order valence-electron chi connectivity index (χ3n) is 5.80. The molecule has 3 aromatic rings. The fourth-order valence-electron chi connectivity index (χ4n) is 3.70. The van der Waals surface area contributed by atoms with Crippen molar-refractivity contribution < 1.29 is 22.4 Å². The van der Waals surface area contributed by atoms with E-state index in [9.17, 15) is 22.4 Å². The predicted molar refractivity (Wildman–Crippen MR) is 138 cm³/mol. The summed E-state index contributed by atoms with van der Waals surface area (Å²) >= 11 is 0. The first-order chi connectivity index (χ1) is 17.7. The number of aromatic nitrogens is 1. The number of hydrogen-bond acceptors (Lipinski definition) is 5. The van der Waals surface area contributed by atoms with E-state index in [1.165, 1.54) is 29.2 Å². The van der Waals surface area contributed by atoms with E-state index in [-0.39, 0.29) is 48.6 Å². The van der Waals surface area contributed by atoms with Gasteiger partial charge < -0.3 is 10.2 Å². The molecule has 0 radical (unpaired) electrons. The summed E-state index contributed by atoms with van der Waals surface area (Å²) in [5, 5.41) is 2.82. The molecule has 0 saturated heterocycles. The van der Waals surface area contributed by atoms with Crippen LogP contribution in [0.15, 0.2) is 77.8 Å². The molecule has 2 amide bonds. The second-order valence-electron chi connectivity index (χ2n) is 8.51. The largest absolute Gasteiger partial charge is 0.349 e. The molecule has 1 atom stereocenters. The highest BCUT2D eigenvalue weighted by molar-refractivity contribution is 7.89. The van der Waals surface area contributed by atoms with Gasteiger partial charge in [0, 0.05) is 25.7 Å². The second kappa shape index (κ2) is 13.1. The minimum Gasteiger partial charge on any atom is -0.349 e. The molecule has 0 fully saturated rings. The lowest BCUT2D eigenvalue weighted by Crippen LogP contribution is -2.47. The number of amides is 2. The molecule has 1 aromatic heterocycles. The summed E-state index contributed by atoms with van der Waals surface area (Å²) in [6, 6.07) is 16.7. The molecular formula is C27H31FN4O4S. The highest BCUT2D eigenvalue weighted by Crippen LogP contribution is 2.16. The topological polar surface area (TPSA) is 108 Å². The summed E-state index contributed by atoms with van der Waals surface area (Å²) in [7, 11) is -3.56. The first-order valence-corrected chi connectivity index (χ1v) is 13.5. The Balaban J connectivity index is 1.69. The number of sulfonamides is 1. The molecule has 2 aromatic carbocycles. The smallest absolute Gasteiger partial charge is 0.242 e. The van der Waals surface area contributed by atoms with E-state index in [2.05, 4.69) is 15.0 Å². The van der Waals surface area contributed by atoms with Crippen LogP contribution in [0.3, 0.4) is 0 Å². The molecule has 0 bridgehead atoms. The van der Waals surface area contributed by atoms with Crippen LogP contribution >= 0.6 is 0 Å². The quantitative estimate of drug-likeness (QED) is 0.377. The molecule has 0 aliphatic carbocycles. The van der Waals surface area contributed by atoms with Crippen molar-refractivity contribution in [3.63, 3.8) is 0 Å². The van der Waals surface area contributed by atoms with Crippen molar-refractivity contribution >= 4 is 21.8 Å². The van der Waals surface area contributed by atoms with Crippen molar-refractivity contribution in [2.24, 2.45) is 0 Å². The Morgan fingerprint density at radius 1 is 1.00 bits per heavy atom. The number of carbonyl (C=O) groups is 2. The zero-order valence-electron chi connectivity index (χ0n) is 20.9. The molecule has 8 nitrogen and oxygen atoms in total. The van der Waals surface area contributed by atoms with Crippen LogP contribution in [-0.4, -0.2) is 42.7 Å². The van der Waals surface area contributed by atoms with E-state index in [0.29, 0.717) is 17.7 Å². The van der Waals surface area contributed by atoms with E-state index in [1.54, 1.807) is 56.4 Å². The van der Waals surface area contributed by atoms with Crippen LogP contribution in [0.5, 0.6) is 0 Å². The normalized spacial score (nSPS) is 12.1. The maximum absolute atomic E-state index is 13.4. The van der Waals surface area contributed by atoms with Gasteiger partial charge in [0.25, 0.3) is 0 Å². The zero-order valence-corrected chi connectivity index (χ0v) is 21.7. The molecule has 3 rings (SSSR count). The fourth-order valence-corrected chi connectivity index (χ4v) is 4.74. The van der Waals surface area contributed by atoms with Gasteiger partial charge in [0.2, 0.25) is 21.8 Å². The Bertz CT molecular complexity index is 1280. The van der Waals surface area contributed by atoms with E-state index in [4.69, 9.17) is 0 Å². The number of nitrogens with one attached hydrogen (secondary N) is 2. The first-order valence-electron chi connectivity index (χ1n) is 12.0. The molecule has 0 saturated carbocycles. The molecule has 10 heteroatoms. The van der Waals surface area contributed by atoms with Gasteiger partial charge in [0.1, 0.15) is 11.9 Å². The monoisotopic (exact) mass is 526 g/mol. The number of aryl methyl sites for hydroxylation is 1. The molecular weight excluding hydrogens is 495 g/mol. The lowest BCUT2D eigenvalue weighted by atomic mass is 10.1. The fraction of sp³-hybridized carbons (Fsp3) is 0.296. The van der Waals surface area contributed by atoms with Crippen LogP contribution in [0.1, 0.15) is 37.1 Å². The summed E-state index contributed by atoms with van der Waals surface area (Å²) in [4.78, 5) is 32.0. The summed E-state index contributed by atoms with van der Waals surface area (Å²) in [6.07, 6.45) is 2.11. The van der Waals surface area contributed by atoms with Crippen LogP contribution in [-0.2, 0) is 39.1 Å². The highest BCUT2D eigenvalue weighted by atomic mass is 32.2. The van der Waals surface area contributed by atoms with Crippen molar-refractivity contribution in [1.82, 2.24) is 19.9 Å². The van der Waals surface area contributed by atoms with Crippen molar-refractivity contribution in [3.8, 4) is 0 Å². The van der Waals surface area contributed by atoms with Crippen LogP contribution in [0.25, 0.3) is 0 Å². The summed E-state index contributed by atoms with van der Waals surface area (Å²) < 4.78 is 40.1. The van der Waals surface area contributed by atoms with Gasteiger partial charge in [0.15, 0.2) is 0 Å². The third-order valence-corrected chi connectivity index (χ3v) is 7.36. The number of hydrogen-bond donors (Lipinski definition) is 2. The van der Waals surface area contributed by atoms with Crippen molar-refractivity contribution in [2.75, 3.05) is 6.54 Å². The SMILES string of the molecule is CCNS(=O)(=O)c1ccc(CCC(=O)N(Cc2ccc(F)cc2)[C@H](C)C(=O)NCc2ccccn2)cc1. The third kappa shape index (κ3) is 8.19. The molecule has 0 aliphatic heterocycles. The van der Waals surface area contributed by atoms with Gasteiger partial charge in [-0.25, -0.2) is 17.5 Å². The minimum absolute atomic E-state index is 0.109. The van der Waals surface area contributed by atoms with Gasteiger partial charge in [-0.3, -0.25) is 14.6 Å². The average molecular weight is 527 g/mol. The average Bonchev–Trinajstić information content (AvgIpc) is 2.90. The maximum Gasteiger partial charge on any atom is 0.242 e. The van der Waals surface area contributed by atoms with E-state index >= 15 is 0 Å². The van der Waals surface area contributed by atoms with Gasteiger partial charge in [-0.05, 0) is 60.9 Å². The van der Waals surface area contributed by atoms with Crippen LogP contribution in [0, 0.1) is 5.82 Å². The van der Waals surface area contributed by atoms with Crippen LogP contribution in [0.2, 0.25) is 0 Å². The van der Waals surface area contributed by atoms with E-state index in [1.807, 2.05) is 6.07 Å². The first kappa shape index (κ1) is 27.9. The van der Waals surface area contributed by atoms with Crippen LogP contribution < -0.4 is 10.0 Å². The summed E-state index contributed by atoms with van der Waals surface area (Å²) in [5.41, 5.74) is 2.17.